The van der Waals surface area contributed by atoms with E-state index in [1.807, 2.05) is 6.92 Å². The molecule has 2 fully saturated rings. The van der Waals surface area contributed by atoms with Gasteiger partial charge in [0.1, 0.15) is 58.4 Å². The summed E-state index contributed by atoms with van der Waals surface area (Å²) in [5.74, 6) is -7.23. The molecule has 5 rings (SSSR count). The smallest absolute Gasteiger partial charge is 0.417 e. The number of carbonyl (C=O) groups is 9. The van der Waals surface area contributed by atoms with E-state index in [1.165, 1.54) is 33.1 Å². The molecular weight excluding hydrogens is 1380 g/mol. The van der Waals surface area contributed by atoms with Crippen LogP contribution in [0.2, 0.25) is 5.02 Å². The summed E-state index contributed by atoms with van der Waals surface area (Å²) in [6.07, 6.45) is -5.06. The molecule has 0 aromatic heterocycles. The third-order valence-electron chi connectivity index (χ3n) is 16.7. The molecule has 30 heteroatoms. The number of urea groups is 1. The molecule has 0 aliphatic carbocycles. The molecule has 2 aromatic carbocycles. The van der Waals surface area contributed by atoms with Crippen molar-refractivity contribution < 1.29 is 89.8 Å². The summed E-state index contributed by atoms with van der Waals surface area (Å²) in [5.41, 5.74) is -0.333. The zero-order valence-corrected chi connectivity index (χ0v) is 58.1. The highest BCUT2D eigenvalue weighted by Gasteiger charge is 2.64. The molecule has 2 saturated heterocycles. The van der Waals surface area contributed by atoms with Gasteiger partial charge in [-0.15, -0.1) is 0 Å². The highest BCUT2D eigenvalue weighted by atomic mass is 79.9. The molecule has 4 bridgehead atoms. The lowest BCUT2D eigenvalue weighted by molar-refractivity contribution is -0.161. The fourth-order valence-corrected chi connectivity index (χ4v) is 12.8. The molecular formula is C63H86Br2ClF3N8O16. The van der Waals surface area contributed by atoms with E-state index in [1.54, 1.807) is 71.9 Å². The number of carbonyl (C=O) groups excluding carboxylic acids is 9. The number of nitrogens with zero attached hydrogens (tertiary/aromatic N) is 2. The van der Waals surface area contributed by atoms with E-state index < -0.39 is 148 Å². The van der Waals surface area contributed by atoms with Crippen LogP contribution in [0, 0.1) is 17.8 Å². The number of nitrogens with one attached hydrogen (secondary N) is 5. The van der Waals surface area contributed by atoms with Gasteiger partial charge in [-0.1, -0.05) is 88.0 Å². The second-order valence-electron chi connectivity index (χ2n) is 24.7. The summed E-state index contributed by atoms with van der Waals surface area (Å²) in [4.78, 5) is 123. The first-order valence-corrected chi connectivity index (χ1v) is 32.9. The van der Waals surface area contributed by atoms with Gasteiger partial charge in [0.2, 0.25) is 23.6 Å². The molecule has 10 atom stereocenters. The first-order chi connectivity index (χ1) is 43.4. The molecule has 2 aromatic rings. The van der Waals surface area contributed by atoms with Gasteiger partial charge in [0.15, 0.2) is 5.72 Å². The SMILES string of the molecule is COc1cc2cc(c1Cl)N(C)C(=O)C[C@H](OC(=O)[C@H](C)N(C)C(=O)c1ccc(NC(=O)[C@H](CCCNC(N)=O)NC(=O)[C@@H](NC(=O)CCCCC(C)(C)OC(=O)C(CBr)CBr)C(C)C)cc1C(F)(F)F)[C@]1(C)O[C@H]1[C@H](C)[C@@H]1C[C@@](O)(NC(=O)O1)[C@H](OC)/C=C/C=C(\C)C2. The summed E-state index contributed by atoms with van der Waals surface area (Å²) in [7, 11) is 5.26. The third kappa shape index (κ3) is 20.7. The van der Waals surface area contributed by atoms with Gasteiger partial charge in [0, 0.05) is 62.9 Å². The van der Waals surface area contributed by atoms with Crippen molar-refractivity contribution in [3.63, 3.8) is 0 Å². The molecule has 3 aliphatic rings. The number of rotatable bonds is 25. The molecule has 0 unspecified atom stereocenters. The fourth-order valence-electron chi connectivity index (χ4n) is 10.9. The number of benzene rings is 2. The number of allylic oxidation sites excluding steroid dienone is 3. The fraction of sp³-hybridized carbons (Fsp3) is 0.603. The van der Waals surface area contributed by atoms with Gasteiger partial charge in [0.05, 0.1) is 42.4 Å². The number of methoxy groups -OCH3 is 2. The number of hydrogen-bond acceptors (Lipinski definition) is 16. The van der Waals surface area contributed by atoms with Crippen molar-refractivity contribution in [2.75, 3.05) is 55.7 Å². The Hall–Kier alpha value is -6.53. The minimum Gasteiger partial charge on any atom is -0.495 e. The van der Waals surface area contributed by atoms with E-state index >= 15 is 13.2 Å². The van der Waals surface area contributed by atoms with E-state index in [4.69, 9.17) is 45.8 Å². The van der Waals surface area contributed by atoms with Crippen LogP contribution >= 0.6 is 43.5 Å². The number of unbranched alkanes of at least 4 members (excludes halogenated alkanes) is 1. The van der Waals surface area contributed by atoms with Crippen LogP contribution in [-0.2, 0) is 65.0 Å². The Balaban J connectivity index is 1.37. The Kier molecular flexibility index (Phi) is 27.6. The number of esters is 2. The molecule has 0 radical (unpaired) electrons. The molecule has 8 N–H and O–H groups in total. The van der Waals surface area contributed by atoms with Crippen molar-refractivity contribution in [3.05, 3.63) is 75.8 Å². The maximum absolute atomic E-state index is 15.2. The van der Waals surface area contributed by atoms with Gasteiger partial charge in [0.25, 0.3) is 5.91 Å². The van der Waals surface area contributed by atoms with E-state index in [0.29, 0.717) is 52.9 Å². The summed E-state index contributed by atoms with van der Waals surface area (Å²) in [6.45, 7) is 13.0. The lowest BCUT2D eigenvalue weighted by atomic mass is 9.83. The molecule has 516 valence electrons. The van der Waals surface area contributed by atoms with Crippen molar-refractivity contribution in [3.8, 4) is 5.75 Å². The van der Waals surface area contributed by atoms with Crippen LogP contribution in [0.5, 0.6) is 5.75 Å². The van der Waals surface area contributed by atoms with Crippen molar-refractivity contribution in [2.24, 2.45) is 23.5 Å². The number of alkyl carbamates (subject to hydrolysis) is 1. The standard InChI is InChI=1S/C63H86Br2ClF3N8O16/c1-33(2)51(74-48(78)20-13-14-23-60(6,7)93-57(84)38(31-64)32-65)54(81)73-42(18-16-24-71-58(70)85)53(80)72-39-21-22-40(41(28-39)63(67,68)69)55(82)76(9)36(5)56(83)91-47-29-49(79)77(10)43-26-37(27-44(88-11)50(43)66)25-34(3)17-15-19-46(89-12)62(87)30-45(90-59(86)75-62)35(4)52-61(47,8)92-52/h15,17,19,21-22,26-28,33,35-36,38,42,45-47,51-52,87H,13-14,16,18,20,23-25,29-32H2,1-12H3,(H,72,80)(H,73,81)(H,74,78)(H,75,86)(H3,70,71,85)/b19-15+,34-17+/t35-,36+,42+,45+,46-,47+,51+,52+,61+,62+/m1/s1. The number of alkyl halides is 5. The zero-order chi connectivity index (χ0) is 69.7. The number of ether oxygens (including phenoxy) is 6. The van der Waals surface area contributed by atoms with Gasteiger partial charge in [-0.25, -0.2) is 14.4 Å². The number of halogens is 6. The molecule has 0 saturated carbocycles. The van der Waals surface area contributed by atoms with Crippen molar-refractivity contribution in [2.45, 2.75) is 179 Å². The van der Waals surface area contributed by atoms with Crippen molar-refractivity contribution in [1.29, 1.82) is 0 Å². The lowest BCUT2D eigenvalue weighted by Crippen LogP contribution is -2.63. The molecule has 24 nitrogen and oxygen atoms in total. The van der Waals surface area contributed by atoms with E-state index in [-0.39, 0.29) is 60.6 Å². The van der Waals surface area contributed by atoms with Crippen molar-refractivity contribution in [1.82, 2.24) is 26.2 Å². The van der Waals surface area contributed by atoms with E-state index in [2.05, 4.69) is 58.4 Å². The largest absolute Gasteiger partial charge is 0.495 e. The molecule has 0 spiro atoms. The number of nitrogens with two attached hydrogens (primary N) is 1. The quantitative estimate of drug-likeness (QED) is 0.0162. The number of likely N-dealkylation sites (N-methyl/N-ethyl adjacent to an activating group) is 1. The number of anilines is 2. The topological polar surface area (TPSA) is 325 Å². The number of fused-ring (bicyclic) bond motifs is 5. The zero-order valence-electron chi connectivity index (χ0n) is 54.2. The molecule has 8 amide bonds. The van der Waals surface area contributed by atoms with Crippen LogP contribution < -0.4 is 42.0 Å². The van der Waals surface area contributed by atoms with Gasteiger partial charge in [-0.3, -0.25) is 34.1 Å². The normalized spacial score (nSPS) is 23.7. The van der Waals surface area contributed by atoms with Crippen LogP contribution in [0.4, 0.5) is 34.1 Å². The minimum absolute atomic E-state index is 0.00527. The van der Waals surface area contributed by atoms with E-state index in [0.717, 1.165) is 24.8 Å². The maximum atomic E-state index is 15.2. The predicted octanol–water partition coefficient (Wildman–Crippen LogP) is 8.15. The first kappa shape index (κ1) is 77.2. The first-order valence-electron chi connectivity index (χ1n) is 30.3. The summed E-state index contributed by atoms with van der Waals surface area (Å²) < 4.78 is 80.4. The van der Waals surface area contributed by atoms with Crippen LogP contribution in [0.25, 0.3) is 0 Å². The monoisotopic (exact) mass is 1460 g/mol. The maximum Gasteiger partial charge on any atom is 0.417 e. The highest BCUT2D eigenvalue weighted by molar-refractivity contribution is 9.09. The van der Waals surface area contributed by atoms with Gasteiger partial charge in [-0.05, 0) is 115 Å². The van der Waals surface area contributed by atoms with Gasteiger partial charge in [-0.2, -0.15) is 13.2 Å². The van der Waals surface area contributed by atoms with Gasteiger partial charge < -0.3 is 70.3 Å². The Bertz CT molecular complexity index is 3140. The number of aliphatic hydroxyl groups is 1. The second-order valence-corrected chi connectivity index (χ2v) is 26.4. The van der Waals surface area contributed by atoms with Crippen LogP contribution in [0.3, 0.4) is 0 Å². The van der Waals surface area contributed by atoms with Crippen LogP contribution in [0.1, 0.15) is 128 Å². The Morgan fingerprint density at radius 3 is 2.28 bits per heavy atom. The Morgan fingerprint density at radius 1 is 0.989 bits per heavy atom. The Labute approximate surface area is 561 Å². The average molecular weight is 1460 g/mol. The minimum atomic E-state index is -5.25. The van der Waals surface area contributed by atoms with Gasteiger partial charge >= 0.3 is 30.2 Å². The highest BCUT2D eigenvalue weighted by Crippen LogP contribution is 2.49. The second kappa shape index (κ2) is 33.2. The molecule has 93 heavy (non-hydrogen) atoms. The summed E-state index contributed by atoms with van der Waals surface area (Å²) in [5, 5.41) is 25.3. The molecule has 3 aliphatic heterocycles. The summed E-state index contributed by atoms with van der Waals surface area (Å²) >= 11 is 13.4. The van der Waals surface area contributed by atoms with Crippen LogP contribution in [-0.4, -0.2) is 169 Å². The predicted molar refractivity (Wildman–Crippen MR) is 346 cm³/mol. The molecule has 3 heterocycles. The number of hydrogen-bond donors (Lipinski definition) is 7. The Morgan fingerprint density at radius 2 is 1.67 bits per heavy atom. The van der Waals surface area contributed by atoms with Crippen LogP contribution in [0.15, 0.2) is 54.1 Å². The number of epoxide rings is 1. The third-order valence-corrected chi connectivity index (χ3v) is 18.6. The lowest BCUT2D eigenvalue weighted by Gasteiger charge is -2.42. The summed E-state index contributed by atoms with van der Waals surface area (Å²) in [6, 6.07) is 0.507. The number of primary amides is 1. The average Bonchev–Trinajstić information content (AvgIpc) is 1.59. The van der Waals surface area contributed by atoms with E-state index in [9.17, 15) is 48.3 Å². The number of amides is 8. The van der Waals surface area contributed by atoms with Crippen molar-refractivity contribution >= 4 is 108 Å².